The van der Waals surface area contributed by atoms with Crippen molar-refractivity contribution in [2.75, 3.05) is 20.3 Å². The zero-order valence-electron chi connectivity index (χ0n) is 12.8. The van der Waals surface area contributed by atoms with Crippen LogP contribution in [-0.4, -0.2) is 31.1 Å². The maximum Gasteiger partial charge on any atom is 0.260 e. The molecule has 116 valence electrons. The molecular weight excluding hydrogens is 298 g/mol. The third-order valence-corrected chi connectivity index (χ3v) is 4.85. The summed E-state index contributed by atoms with van der Waals surface area (Å²) in [6, 6.07) is 7.79. The fourth-order valence-electron chi connectivity index (χ4n) is 2.59. The fraction of sp³-hybridized carbons (Fsp3) is 0.353. The Morgan fingerprint density at radius 2 is 2.18 bits per heavy atom. The molecule has 0 N–H and O–H groups in total. The number of hydrogen-bond donors (Lipinski definition) is 0. The lowest BCUT2D eigenvalue weighted by atomic mass is 10.1. The van der Waals surface area contributed by atoms with Crippen LogP contribution >= 0.6 is 11.3 Å². The third kappa shape index (κ3) is 3.09. The van der Waals surface area contributed by atoms with Crippen molar-refractivity contribution in [2.45, 2.75) is 19.9 Å². The van der Waals surface area contributed by atoms with Gasteiger partial charge in [0.15, 0.2) is 18.1 Å². The number of rotatable bonds is 4. The molecule has 0 saturated carbocycles. The number of thiophene rings is 1. The van der Waals surface area contributed by atoms with Gasteiger partial charge in [0.1, 0.15) is 0 Å². The number of amides is 1. The molecule has 3 rings (SSSR count). The van der Waals surface area contributed by atoms with Gasteiger partial charge in [0.2, 0.25) is 0 Å². The highest BCUT2D eigenvalue weighted by Gasteiger charge is 2.22. The van der Waals surface area contributed by atoms with Crippen LogP contribution in [0.2, 0.25) is 0 Å². The van der Waals surface area contributed by atoms with Crippen LogP contribution in [0.1, 0.15) is 16.0 Å². The summed E-state index contributed by atoms with van der Waals surface area (Å²) >= 11 is 1.77. The van der Waals surface area contributed by atoms with E-state index in [1.165, 1.54) is 10.4 Å². The Kier molecular flexibility index (Phi) is 4.34. The largest absolute Gasteiger partial charge is 0.493 e. The van der Waals surface area contributed by atoms with Crippen LogP contribution in [0.15, 0.2) is 29.6 Å². The summed E-state index contributed by atoms with van der Waals surface area (Å²) in [5.74, 6) is 1.28. The van der Waals surface area contributed by atoms with Crippen LogP contribution in [-0.2, 0) is 17.8 Å². The molecule has 1 aliphatic rings. The molecular formula is C17H19NO3S. The summed E-state index contributed by atoms with van der Waals surface area (Å²) in [7, 11) is 1.60. The lowest BCUT2D eigenvalue weighted by Gasteiger charge is -2.27. The van der Waals surface area contributed by atoms with Gasteiger partial charge in [-0.2, -0.15) is 0 Å². The van der Waals surface area contributed by atoms with Crippen LogP contribution in [0.5, 0.6) is 11.5 Å². The number of carbonyl (C=O) groups excluding carboxylic acids is 1. The fourth-order valence-corrected chi connectivity index (χ4v) is 3.48. The van der Waals surface area contributed by atoms with Gasteiger partial charge in [-0.3, -0.25) is 4.79 Å². The molecule has 0 radical (unpaired) electrons. The minimum absolute atomic E-state index is 0.0134. The van der Waals surface area contributed by atoms with Crippen molar-refractivity contribution in [3.05, 3.63) is 45.6 Å². The molecule has 0 atom stereocenters. The Morgan fingerprint density at radius 1 is 1.32 bits per heavy atom. The summed E-state index contributed by atoms with van der Waals surface area (Å²) in [5, 5.41) is 2.09. The average molecular weight is 317 g/mol. The van der Waals surface area contributed by atoms with E-state index in [9.17, 15) is 4.79 Å². The molecule has 0 fully saturated rings. The quantitative estimate of drug-likeness (QED) is 0.870. The standard InChI is InChI=1S/C17H19NO3S/c1-12-3-4-14(15(9-12)20-2)21-11-17(19)18-7-5-16-13(10-18)6-8-22-16/h3-4,6,8-9H,5,7,10-11H2,1-2H3. The molecule has 1 aromatic heterocycles. The Morgan fingerprint density at radius 3 is 3.00 bits per heavy atom. The second kappa shape index (κ2) is 6.40. The summed E-state index contributed by atoms with van der Waals surface area (Å²) in [4.78, 5) is 15.6. The van der Waals surface area contributed by atoms with Gasteiger partial charge in [0.05, 0.1) is 7.11 Å². The lowest BCUT2D eigenvalue weighted by molar-refractivity contribution is -0.134. The number of aryl methyl sites for hydroxylation is 1. The Hall–Kier alpha value is -2.01. The van der Waals surface area contributed by atoms with Gasteiger partial charge in [-0.1, -0.05) is 6.07 Å². The summed E-state index contributed by atoms with van der Waals surface area (Å²) < 4.78 is 10.9. The van der Waals surface area contributed by atoms with Gasteiger partial charge in [-0.05, 0) is 48.1 Å². The van der Waals surface area contributed by atoms with Crippen LogP contribution in [0.25, 0.3) is 0 Å². The number of hydrogen-bond acceptors (Lipinski definition) is 4. The average Bonchev–Trinajstić information content (AvgIpc) is 3.00. The molecule has 0 spiro atoms. The smallest absolute Gasteiger partial charge is 0.260 e. The monoisotopic (exact) mass is 317 g/mol. The maximum absolute atomic E-state index is 12.3. The number of carbonyl (C=O) groups is 1. The number of ether oxygens (including phenoxy) is 2. The molecule has 0 bridgehead atoms. The van der Waals surface area contributed by atoms with Crippen molar-refractivity contribution >= 4 is 17.2 Å². The topological polar surface area (TPSA) is 38.8 Å². The predicted molar refractivity (Wildman–Crippen MR) is 86.7 cm³/mol. The van der Waals surface area contributed by atoms with Gasteiger partial charge < -0.3 is 14.4 Å². The normalized spacial score (nSPS) is 13.6. The van der Waals surface area contributed by atoms with E-state index < -0.39 is 0 Å². The second-order valence-corrected chi connectivity index (χ2v) is 6.38. The van der Waals surface area contributed by atoms with Crippen LogP contribution < -0.4 is 9.47 Å². The molecule has 2 aromatic rings. The van der Waals surface area contributed by atoms with E-state index in [0.717, 1.165) is 18.5 Å². The van der Waals surface area contributed by atoms with Crippen molar-refractivity contribution in [1.29, 1.82) is 0 Å². The maximum atomic E-state index is 12.3. The Labute approximate surface area is 134 Å². The van der Waals surface area contributed by atoms with E-state index in [1.807, 2.05) is 30.0 Å². The molecule has 5 heteroatoms. The molecule has 0 saturated heterocycles. The SMILES string of the molecule is COc1cc(C)ccc1OCC(=O)N1CCc2sccc2C1. The van der Waals surface area contributed by atoms with E-state index in [0.29, 0.717) is 18.0 Å². The Balaban J connectivity index is 1.61. The van der Waals surface area contributed by atoms with Gasteiger partial charge in [0, 0.05) is 18.0 Å². The molecule has 1 aromatic carbocycles. The first-order valence-corrected chi connectivity index (χ1v) is 8.16. The number of nitrogens with zero attached hydrogens (tertiary/aromatic N) is 1. The van der Waals surface area contributed by atoms with E-state index in [4.69, 9.17) is 9.47 Å². The van der Waals surface area contributed by atoms with E-state index >= 15 is 0 Å². The summed E-state index contributed by atoms with van der Waals surface area (Å²) in [5.41, 5.74) is 2.36. The first kappa shape index (κ1) is 14.9. The zero-order valence-corrected chi connectivity index (χ0v) is 13.6. The first-order valence-electron chi connectivity index (χ1n) is 7.28. The van der Waals surface area contributed by atoms with Gasteiger partial charge in [0.25, 0.3) is 5.91 Å². The zero-order chi connectivity index (χ0) is 15.5. The third-order valence-electron chi connectivity index (χ3n) is 3.83. The second-order valence-electron chi connectivity index (χ2n) is 5.38. The van der Waals surface area contributed by atoms with Crippen molar-refractivity contribution in [1.82, 2.24) is 4.90 Å². The molecule has 1 amide bonds. The van der Waals surface area contributed by atoms with Crippen LogP contribution in [0.3, 0.4) is 0 Å². The molecule has 4 nitrogen and oxygen atoms in total. The van der Waals surface area contributed by atoms with Crippen molar-refractivity contribution in [3.8, 4) is 11.5 Å². The minimum Gasteiger partial charge on any atom is -0.493 e. The molecule has 1 aliphatic heterocycles. The predicted octanol–water partition coefficient (Wildman–Crippen LogP) is 3.03. The highest BCUT2D eigenvalue weighted by molar-refractivity contribution is 7.10. The van der Waals surface area contributed by atoms with Gasteiger partial charge >= 0.3 is 0 Å². The minimum atomic E-state index is 0.0134. The number of fused-ring (bicyclic) bond motifs is 1. The number of benzene rings is 1. The van der Waals surface area contributed by atoms with Crippen molar-refractivity contribution < 1.29 is 14.3 Å². The number of methoxy groups -OCH3 is 1. The summed E-state index contributed by atoms with van der Waals surface area (Å²) in [6.07, 6.45) is 0.937. The molecule has 22 heavy (non-hydrogen) atoms. The van der Waals surface area contributed by atoms with Gasteiger partial charge in [-0.25, -0.2) is 0 Å². The summed E-state index contributed by atoms with van der Waals surface area (Å²) in [6.45, 7) is 3.48. The Bertz CT molecular complexity index is 680. The molecule has 0 unspecified atom stereocenters. The van der Waals surface area contributed by atoms with E-state index in [2.05, 4.69) is 11.4 Å². The van der Waals surface area contributed by atoms with Crippen molar-refractivity contribution in [3.63, 3.8) is 0 Å². The van der Waals surface area contributed by atoms with Gasteiger partial charge in [-0.15, -0.1) is 11.3 Å². The molecule has 0 aliphatic carbocycles. The molecule has 2 heterocycles. The van der Waals surface area contributed by atoms with Crippen LogP contribution in [0.4, 0.5) is 0 Å². The lowest BCUT2D eigenvalue weighted by Crippen LogP contribution is -2.38. The van der Waals surface area contributed by atoms with Crippen LogP contribution in [0, 0.1) is 6.92 Å². The van der Waals surface area contributed by atoms with E-state index in [1.54, 1.807) is 18.4 Å². The van der Waals surface area contributed by atoms with Crippen molar-refractivity contribution in [2.24, 2.45) is 0 Å². The highest BCUT2D eigenvalue weighted by Crippen LogP contribution is 2.28. The van der Waals surface area contributed by atoms with E-state index in [-0.39, 0.29) is 12.5 Å². The first-order chi connectivity index (χ1) is 10.7. The highest BCUT2D eigenvalue weighted by atomic mass is 32.1.